The van der Waals surface area contributed by atoms with Gasteiger partial charge in [-0.1, -0.05) is 0 Å². The van der Waals surface area contributed by atoms with Crippen LogP contribution in [0.3, 0.4) is 0 Å². The molecule has 6 nitrogen and oxygen atoms in total. The minimum absolute atomic E-state index is 0.225. The van der Waals surface area contributed by atoms with Crippen molar-refractivity contribution >= 4 is 22.7 Å². The number of alkyl carbamates (subject to hydrolysis) is 1. The Bertz CT molecular complexity index is 888. The number of halogens is 1. The van der Waals surface area contributed by atoms with Crippen LogP contribution >= 0.6 is 0 Å². The lowest BCUT2D eigenvalue weighted by atomic mass is 10.0. The first-order valence-electron chi connectivity index (χ1n) is 8.93. The average Bonchev–Trinajstić information content (AvgIpc) is 2.58. The number of nitrogens with zero attached hydrogens (tertiary/aromatic N) is 3. The largest absolute Gasteiger partial charge is 0.444 e. The zero-order chi connectivity index (χ0) is 19.6. The van der Waals surface area contributed by atoms with E-state index in [0.717, 1.165) is 11.1 Å². The third kappa shape index (κ3) is 4.45. The van der Waals surface area contributed by atoms with Gasteiger partial charge in [0.1, 0.15) is 17.8 Å². The molecule has 1 fully saturated rings. The van der Waals surface area contributed by atoms with Gasteiger partial charge in [0.15, 0.2) is 0 Å². The standard InChI is InChI=1S/C20H23FN4O2/c1-20(2,3)27-19(26)24-15-9-14(21)11-25(12-15)17-7-6-13(10-22)18-16(17)5-4-8-23-18/h4-8,14-15H,9,11-12H2,1-3H3,(H,24,26). The molecule has 1 saturated heterocycles. The summed E-state index contributed by atoms with van der Waals surface area (Å²) in [5, 5.41) is 12.8. The Morgan fingerprint density at radius 3 is 2.85 bits per heavy atom. The number of nitriles is 1. The smallest absolute Gasteiger partial charge is 0.407 e. The number of piperidine rings is 1. The number of carbonyl (C=O) groups is 1. The number of carbonyl (C=O) groups excluding carboxylic acids is 1. The van der Waals surface area contributed by atoms with E-state index < -0.39 is 17.9 Å². The molecule has 1 aromatic carbocycles. The van der Waals surface area contributed by atoms with Gasteiger partial charge in [-0.15, -0.1) is 0 Å². The topological polar surface area (TPSA) is 78.2 Å². The summed E-state index contributed by atoms with van der Waals surface area (Å²) < 4.78 is 19.7. The third-order valence-corrected chi connectivity index (χ3v) is 4.33. The maximum atomic E-state index is 14.4. The number of alkyl halides is 1. The van der Waals surface area contributed by atoms with Crippen LogP contribution in [-0.2, 0) is 4.74 Å². The molecule has 1 N–H and O–H groups in total. The summed E-state index contributed by atoms with van der Waals surface area (Å²) in [5.74, 6) is 0. The monoisotopic (exact) mass is 370 g/mol. The Kier molecular flexibility index (Phi) is 5.17. The van der Waals surface area contributed by atoms with E-state index in [1.54, 1.807) is 39.1 Å². The van der Waals surface area contributed by atoms with Crippen molar-refractivity contribution < 1.29 is 13.9 Å². The van der Waals surface area contributed by atoms with E-state index in [2.05, 4.69) is 16.4 Å². The van der Waals surface area contributed by atoms with Gasteiger partial charge in [0.25, 0.3) is 0 Å². The Morgan fingerprint density at radius 1 is 1.37 bits per heavy atom. The fourth-order valence-corrected chi connectivity index (χ4v) is 3.34. The number of nitrogens with one attached hydrogen (secondary N) is 1. The van der Waals surface area contributed by atoms with Gasteiger partial charge >= 0.3 is 6.09 Å². The molecule has 2 heterocycles. The average molecular weight is 370 g/mol. The van der Waals surface area contributed by atoms with Gasteiger partial charge in [0.05, 0.1) is 17.1 Å². The summed E-state index contributed by atoms with van der Waals surface area (Å²) in [5.41, 5.74) is 1.26. The molecule has 1 aromatic heterocycles. The first-order valence-corrected chi connectivity index (χ1v) is 8.93. The van der Waals surface area contributed by atoms with Crippen LogP contribution in [0.1, 0.15) is 32.8 Å². The third-order valence-electron chi connectivity index (χ3n) is 4.33. The second kappa shape index (κ2) is 7.39. The number of aromatic nitrogens is 1. The van der Waals surface area contributed by atoms with Crippen molar-refractivity contribution in [3.05, 3.63) is 36.0 Å². The SMILES string of the molecule is CC(C)(C)OC(=O)NC1CC(F)CN(c2ccc(C#N)c3ncccc23)C1. The van der Waals surface area contributed by atoms with E-state index in [4.69, 9.17) is 4.74 Å². The van der Waals surface area contributed by atoms with E-state index in [0.29, 0.717) is 17.6 Å². The maximum Gasteiger partial charge on any atom is 0.407 e. The van der Waals surface area contributed by atoms with Crippen molar-refractivity contribution in [1.29, 1.82) is 5.26 Å². The number of hydrogen-bond acceptors (Lipinski definition) is 5. The quantitative estimate of drug-likeness (QED) is 0.875. The minimum atomic E-state index is -1.08. The summed E-state index contributed by atoms with van der Waals surface area (Å²) in [6.07, 6.45) is 0.241. The number of benzene rings is 1. The predicted molar refractivity (Wildman–Crippen MR) is 101 cm³/mol. The maximum absolute atomic E-state index is 14.4. The molecular formula is C20H23FN4O2. The van der Waals surface area contributed by atoms with Crippen LogP contribution in [0.4, 0.5) is 14.9 Å². The number of amides is 1. The van der Waals surface area contributed by atoms with E-state index in [-0.39, 0.29) is 19.0 Å². The highest BCUT2D eigenvalue weighted by atomic mass is 19.1. The summed E-state index contributed by atoms with van der Waals surface area (Å²) in [6.45, 7) is 6.03. The molecule has 0 spiro atoms. The van der Waals surface area contributed by atoms with Crippen LogP contribution in [0.15, 0.2) is 30.5 Å². The summed E-state index contributed by atoms with van der Waals surface area (Å²) in [7, 11) is 0. The van der Waals surface area contributed by atoms with Gasteiger partial charge in [0, 0.05) is 36.8 Å². The normalized spacial score (nSPS) is 20.2. The molecular weight excluding hydrogens is 347 g/mol. The van der Waals surface area contributed by atoms with Crippen molar-refractivity contribution in [3.63, 3.8) is 0 Å². The summed E-state index contributed by atoms with van der Waals surface area (Å²) in [6, 6.07) is 8.94. The lowest BCUT2D eigenvalue weighted by Crippen LogP contribution is -2.52. The molecule has 2 aromatic rings. The molecule has 0 aliphatic carbocycles. The lowest BCUT2D eigenvalue weighted by Gasteiger charge is -2.37. The molecule has 1 amide bonds. The van der Waals surface area contributed by atoms with Gasteiger partial charge in [-0.25, -0.2) is 9.18 Å². The molecule has 2 unspecified atom stereocenters. The van der Waals surface area contributed by atoms with Crippen molar-refractivity contribution in [2.75, 3.05) is 18.0 Å². The highest BCUT2D eigenvalue weighted by molar-refractivity contribution is 5.95. The molecule has 27 heavy (non-hydrogen) atoms. The van der Waals surface area contributed by atoms with Crippen molar-refractivity contribution in [2.24, 2.45) is 0 Å². The van der Waals surface area contributed by atoms with Crippen LogP contribution in [0.2, 0.25) is 0 Å². The summed E-state index contributed by atoms with van der Waals surface area (Å²) in [4.78, 5) is 18.2. The van der Waals surface area contributed by atoms with Gasteiger partial charge in [-0.3, -0.25) is 4.98 Å². The fourth-order valence-electron chi connectivity index (χ4n) is 3.34. The zero-order valence-electron chi connectivity index (χ0n) is 15.7. The molecule has 0 bridgehead atoms. The van der Waals surface area contributed by atoms with Crippen LogP contribution < -0.4 is 10.2 Å². The lowest BCUT2D eigenvalue weighted by molar-refractivity contribution is 0.0491. The molecule has 142 valence electrons. The Labute approximate surface area is 157 Å². The second-order valence-electron chi connectivity index (χ2n) is 7.72. The molecule has 1 aliphatic heterocycles. The van der Waals surface area contributed by atoms with Gasteiger partial charge in [-0.2, -0.15) is 5.26 Å². The molecule has 0 radical (unpaired) electrons. The van der Waals surface area contributed by atoms with Gasteiger partial charge < -0.3 is 15.0 Å². The number of anilines is 1. The number of pyridine rings is 1. The molecule has 7 heteroatoms. The number of ether oxygens (including phenoxy) is 1. The van der Waals surface area contributed by atoms with Gasteiger partial charge in [0.2, 0.25) is 0 Å². The highest BCUT2D eigenvalue weighted by Gasteiger charge is 2.30. The van der Waals surface area contributed by atoms with Crippen molar-refractivity contribution in [1.82, 2.24) is 10.3 Å². The molecule has 1 aliphatic rings. The van der Waals surface area contributed by atoms with Crippen molar-refractivity contribution in [3.8, 4) is 6.07 Å². The first kappa shape index (κ1) is 18.9. The first-order chi connectivity index (χ1) is 12.8. The van der Waals surface area contributed by atoms with E-state index in [1.807, 2.05) is 17.0 Å². The molecule has 3 rings (SSSR count). The number of fused-ring (bicyclic) bond motifs is 1. The second-order valence-corrected chi connectivity index (χ2v) is 7.72. The molecule has 0 saturated carbocycles. The van der Waals surface area contributed by atoms with Crippen LogP contribution in [0, 0.1) is 11.3 Å². The number of rotatable bonds is 2. The Morgan fingerprint density at radius 2 is 2.15 bits per heavy atom. The number of hydrogen-bond donors (Lipinski definition) is 1. The van der Waals surface area contributed by atoms with Crippen LogP contribution in [0.25, 0.3) is 10.9 Å². The molecule has 2 atom stereocenters. The Balaban J connectivity index is 1.84. The summed E-state index contributed by atoms with van der Waals surface area (Å²) >= 11 is 0. The Hall–Kier alpha value is -2.88. The van der Waals surface area contributed by atoms with E-state index in [1.165, 1.54) is 0 Å². The zero-order valence-corrected chi connectivity index (χ0v) is 15.7. The van der Waals surface area contributed by atoms with E-state index >= 15 is 0 Å². The van der Waals surface area contributed by atoms with Crippen molar-refractivity contribution in [2.45, 2.75) is 45.0 Å². The fraction of sp³-hybridized carbons (Fsp3) is 0.450. The highest BCUT2D eigenvalue weighted by Crippen LogP contribution is 2.30. The van der Waals surface area contributed by atoms with Crippen LogP contribution in [0.5, 0.6) is 0 Å². The van der Waals surface area contributed by atoms with Gasteiger partial charge in [-0.05, 0) is 45.0 Å². The van der Waals surface area contributed by atoms with E-state index in [9.17, 15) is 14.4 Å². The predicted octanol–water partition coefficient (Wildman–Crippen LogP) is 3.55. The minimum Gasteiger partial charge on any atom is -0.444 e. The van der Waals surface area contributed by atoms with Crippen LogP contribution in [-0.4, -0.2) is 42.0 Å².